The molecule has 0 aromatic carbocycles. The lowest BCUT2D eigenvalue weighted by Crippen LogP contribution is -2.68. The Kier molecular flexibility index (Phi) is 3.87. The van der Waals surface area contributed by atoms with Crippen molar-refractivity contribution in [3.63, 3.8) is 0 Å². The highest BCUT2D eigenvalue weighted by Gasteiger charge is 2.75. The molecule has 0 aromatic rings. The van der Waals surface area contributed by atoms with E-state index in [-0.39, 0.29) is 24.0 Å². The van der Waals surface area contributed by atoms with Crippen LogP contribution in [0, 0.1) is 28.6 Å². The third kappa shape index (κ3) is 1.98. The third-order valence-electron chi connectivity index (χ3n) is 8.55. The van der Waals surface area contributed by atoms with Crippen LogP contribution in [0.15, 0.2) is 23.8 Å². The predicted octanol–water partition coefficient (Wildman–Crippen LogP) is 2.69. The lowest BCUT2D eigenvalue weighted by molar-refractivity contribution is -0.194. The summed E-state index contributed by atoms with van der Waals surface area (Å²) in [5, 5.41) is 32.3. The predicted molar refractivity (Wildman–Crippen MR) is 100 cm³/mol. The number of aliphatic hydroxyl groups is 2. The number of ketones is 1. The second-order valence-corrected chi connectivity index (χ2v) is 10.1. The second kappa shape index (κ2) is 5.46. The van der Waals surface area contributed by atoms with E-state index in [1.807, 2.05) is 13.0 Å². The van der Waals surface area contributed by atoms with Gasteiger partial charge in [0.05, 0.1) is 11.0 Å². The molecule has 0 spiro atoms. The number of carbonyl (C=O) groups excluding carboxylic acids is 1. The number of aliphatic carboxylic acids is 1. The van der Waals surface area contributed by atoms with Gasteiger partial charge in [0, 0.05) is 10.8 Å². The number of alkyl halides is 1. The van der Waals surface area contributed by atoms with Crippen molar-refractivity contribution >= 4 is 23.4 Å². The van der Waals surface area contributed by atoms with Crippen LogP contribution in [0.2, 0.25) is 0 Å². The minimum atomic E-state index is -1.88. The van der Waals surface area contributed by atoms with E-state index in [2.05, 4.69) is 0 Å². The van der Waals surface area contributed by atoms with Crippen LogP contribution in [0.25, 0.3) is 0 Å². The molecule has 4 aliphatic rings. The molecule has 8 atom stereocenters. The van der Waals surface area contributed by atoms with Gasteiger partial charge in [-0.3, -0.25) is 4.79 Å². The quantitative estimate of drug-likeness (QED) is 0.594. The molecule has 3 fully saturated rings. The Morgan fingerprint density at radius 1 is 1.30 bits per heavy atom. The Morgan fingerprint density at radius 3 is 2.59 bits per heavy atom. The molecule has 4 aliphatic carbocycles. The highest BCUT2D eigenvalue weighted by atomic mass is 35.5. The van der Waals surface area contributed by atoms with Gasteiger partial charge in [0.15, 0.2) is 11.4 Å². The number of allylic oxidation sites excluding steroid dienone is 4. The zero-order valence-electron chi connectivity index (χ0n) is 15.9. The molecule has 0 saturated heterocycles. The van der Waals surface area contributed by atoms with Gasteiger partial charge in [0.2, 0.25) is 0 Å². The first-order valence-electron chi connectivity index (χ1n) is 9.70. The molecule has 3 N–H and O–H groups in total. The number of hydrogen-bond acceptors (Lipinski definition) is 4. The number of hydrogen-bond donors (Lipinski definition) is 3. The average molecular weight is 395 g/mol. The van der Waals surface area contributed by atoms with Crippen LogP contribution in [0.3, 0.4) is 0 Å². The molecule has 0 bridgehead atoms. The number of halogens is 1. The van der Waals surface area contributed by atoms with E-state index >= 15 is 0 Å². The van der Waals surface area contributed by atoms with Crippen LogP contribution in [0.1, 0.15) is 46.5 Å². The van der Waals surface area contributed by atoms with Crippen LogP contribution in [0.4, 0.5) is 0 Å². The van der Waals surface area contributed by atoms with Gasteiger partial charge >= 0.3 is 5.97 Å². The fraction of sp³-hybridized carbons (Fsp3) is 0.714. The summed E-state index contributed by atoms with van der Waals surface area (Å²) in [4.78, 5) is 22.9. The summed E-state index contributed by atoms with van der Waals surface area (Å²) >= 11 is 7.26. The molecule has 5 nitrogen and oxygen atoms in total. The summed E-state index contributed by atoms with van der Waals surface area (Å²) in [5.41, 5.74) is -2.57. The molecular formula is C21H27ClO5. The van der Waals surface area contributed by atoms with Crippen molar-refractivity contribution < 1.29 is 24.9 Å². The van der Waals surface area contributed by atoms with E-state index in [0.29, 0.717) is 19.3 Å². The Hall–Kier alpha value is -1.17. The molecule has 0 unspecified atom stereocenters. The molecule has 0 amide bonds. The highest BCUT2D eigenvalue weighted by Crippen LogP contribution is 2.71. The van der Waals surface area contributed by atoms with Crippen LogP contribution in [-0.2, 0) is 9.59 Å². The monoisotopic (exact) mass is 394 g/mol. The maximum absolute atomic E-state index is 12.0. The van der Waals surface area contributed by atoms with Crippen molar-refractivity contribution in [3.8, 4) is 0 Å². The van der Waals surface area contributed by atoms with Gasteiger partial charge in [0.25, 0.3) is 0 Å². The molecule has 0 radical (unpaired) electrons. The molecule has 6 heteroatoms. The summed E-state index contributed by atoms with van der Waals surface area (Å²) in [5.74, 6) is -1.97. The summed E-state index contributed by atoms with van der Waals surface area (Å²) in [6.45, 7) is 5.53. The van der Waals surface area contributed by atoms with Crippen molar-refractivity contribution in [1.82, 2.24) is 0 Å². The molecule has 0 heterocycles. The van der Waals surface area contributed by atoms with Gasteiger partial charge in [-0.1, -0.05) is 32.4 Å². The lowest BCUT2D eigenvalue weighted by atomic mass is 9.46. The smallest absolute Gasteiger partial charge is 0.336 e. The fourth-order valence-corrected chi connectivity index (χ4v) is 7.52. The normalized spacial score (nSPS) is 54.0. The minimum Gasteiger partial charge on any atom is -0.479 e. The van der Waals surface area contributed by atoms with Crippen LogP contribution in [0.5, 0.6) is 0 Å². The van der Waals surface area contributed by atoms with E-state index < -0.39 is 39.3 Å². The van der Waals surface area contributed by atoms with E-state index in [4.69, 9.17) is 11.6 Å². The highest BCUT2D eigenvalue weighted by molar-refractivity contribution is 6.26. The van der Waals surface area contributed by atoms with Crippen molar-refractivity contribution in [2.24, 2.45) is 28.6 Å². The van der Waals surface area contributed by atoms with E-state index in [1.54, 1.807) is 19.9 Å². The van der Waals surface area contributed by atoms with Crippen LogP contribution >= 0.6 is 11.6 Å². The fourth-order valence-electron chi connectivity index (χ4n) is 7.00. The molecule has 148 valence electrons. The summed E-state index contributed by atoms with van der Waals surface area (Å²) < 4.78 is 0. The van der Waals surface area contributed by atoms with Crippen molar-refractivity contribution in [1.29, 1.82) is 0 Å². The lowest BCUT2D eigenvalue weighted by Gasteiger charge is -2.63. The van der Waals surface area contributed by atoms with Crippen LogP contribution < -0.4 is 0 Å². The number of rotatable bonds is 1. The topological polar surface area (TPSA) is 94.8 Å². The van der Waals surface area contributed by atoms with Crippen molar-refractivity contribution in [2.45, 2.75) is 63.0 Å². The van der Waals surface area contributed by atoms with Gasteiger partial charge in [0.1, 0.15) is 0 Å². The van der Waals surface area contributed by atoms with Crippen molar-refractivity contribution in [3.05, 3.63) is 23.8 Å². The molecule has 3 saturated carbocycles. The molecule has 4 rings (SSSR count). The van der Waals surface area contributed by atoms with Crippen molar-refractivity contribution in [2.75, 3.05) is 0 Å². The Balaban J connectivity index is 1.85. The molecule has 0 aromatic heterocycles. The minimum absolute atomic E-state index is 0.0638. The van der Waals surface area contributed by atoms with Gasteiger partial charge < -0.3 is 15.3 Å². The van der Waals surface area contributed by atoms with Gasteiger partial charge in [-0.2, -0.15) is 0 Å². The first-order valence-corrected chi connectivity index (χ1v) is 10.1. The Morgan fingerprint density at radius 2 is 1.96 bits per heavy atom. The molecule has 0 aliphatic heterocycles. The average Bonchev–Trinajstić information content (AvgIpc) is 2.79. The van der Waals surface area contributed by atoms with Gasteiger partial charge in [-0.25, -0.2) is 4.79 Å². The second-order valence-electron chi connectivity index (χ2n) is 9.47. The third-order valence-corrected chi connectivity index (χ3v) is 9.47. The standard InChI is InChI=1S/C21H27ClO5/c1-11-8-15-14-5-4-12-9-13(23)6-7-18(12,2)20(14,22)16(24)10-19(15,3)21(11,27)17(25)26/h6-7,9,11,14-16,24,27H,4-5,8,10H2,1-3H3,(H,25,26)/t11-,14-,15-,16-,18-,19-,20-,21-/m0/s1. The number of aliphatic hydroxyl groups excluding tert-OH is 1. The SMILES string of the molecule is C[C@H]1C[C@H]2[C@@H]3CCC4=CC(=O)C=C[C@]4(C)[C@@]3(Cl)[C@@H](O)C[C@]2(C)[C@@]1(O)C(=O)O. The number of carbonyl (C=O) groups is 2. The number of fused-ring (bicyclic) bond motifs is 5. The van der Waals surface area contributed by atoms with Gasteiger partial charge in [-0.15, -0.1) is 11.6 Å². The van der Waals surface area contributed by atoms with Crippen LogP contribution in [-0.4, -0.2) is 43.7 Å². The summed E-state index contributed by atoms with van der Waals surface area (Å²) in [6, 6.07) is 0. The molecular weight excluding hydrogens is 368 g/mol. The summed E-state index contributed by atoms with van der Waals surface area (Å²) in [7, 11) is 0. The number of carboxylic acid groups (broad SMARTS) is 1. The Bertz CT molecular complexity index is 789. The molecule has 27 heavy (non-hydrogen) atoms. The zero-order chi connectivity index (χ0) is 20.0. The summed E-state index contributed by atoms with van der Waals surface area (Å²) in [6.07, 6.45) is 6.01. The van der Waals surface area contributed by atoms with E-state index in [0.717, 1.165) is 5.57 Å². The largest absolute Gasteiger partial charge is 0.479 e. The zero-order valence-corrected chi connectivity index (χ0v) is 16.7. The first kappa shape index (κ1) is 19.2. The van der Waals surface area contributed by atoms with Gasteiger partial charge in [-0.05, 0) is 55.6 Å². The first-order chi connectivity index (χ1) is 12.4. The maximum atomic E-state index is 12.0. The Labute approximate surface area is 164 Å². The number of carboxylic acids is 1. The van der Waals surface area contributed by atoms with E-state index in [9.17, 15) is 24.9 Å². The maximum Gasteiger partial charge on any atom is 0.336 e. The van der Waals surface area contributed by atoms with E-state index in [1.165, 1.54) is 6.08 Å².